The van der Waals surface area contributed by atoms with Crippen molar-refractivity contribution in [1.82, 2.24) is 19.7 Å². The van der Waals surface area contributed by atoms with Gasteiger partial charge in [0.2, 0.25) is 23.6 Å². The molecular weight excluding hydrogens is 460 g/mol. The van der Waals surface area contributed by atoms with E-state index in [1.807, 2.05) is 30.3 Å². The van der Waals surface area contributed by atoms with Gasteiger partial charge in [-0.1, -0.05) is 30.3 Å². The van der Waals surface area contributed by atoms with Gasteiger partial charge in [0.25, 0.3) is 0 Å². The highest BCUT2D eigenvalue weighted by Crippen LogP contribution is 2.40. The summed E-state index contributed by atoms with van der Waals surface area (Å²) >= 11 is 0. The number of nitrogens with zero attached hydrogens (tertiary/aromatic N) is 4. The largest absolute Gasteiger partial charge is 0.492 e. The standard InChI is InChI=1S/C27H32N4O5/c1-21(32)29-12-6-13-30(16-15-29)24(33)18-27(22-8-3-2-4-9-22)19-25(34)31(26(27)35)14-7-17-36-23-10-5-11-28-20-23/h2-5,8-11,20H,6-7,12-19H2,1H3. The molecule has 4 rings (SSSR count). The minimum absolute atomic E-state index is 0.00947. The first-order chi connectivity index (χ1) is 17.4. The summed E-state index contributed by atoms with van der Waals surface area (Å²) in [4.78, 5) is 60.8. The van der Waals surface area contributed by atoms with Gasteiger partial charge in [-0.05, 0) is 30.5 Å². The summed E-state index contributed by atoms with van der Waals surface area (Å²) in [6, 6.07) is 12.7. The quantitative estimate of drug-likeness (QED) is 0.413. The maximum atomic E-state index is 13.8. The summed E-state index contributed by atoms with van der Waals surface area (Å²) in [5.74, 6) is -0.177. The molecule has 2 aromatic rings. The van der Waals surface area contributed by atoms with Gasteiger partial charge in [0.15, 0.2) is 0 Å². The fraction of sp³-hybridized carbons (Fsp3) is 0.444. The first-order valence-corrected chi connectivity index (χ1v) is 12.4. The third kappa shape index (κ3) is 5.56. The van der Waals surface area contributed by atoms with E-state index in [1.165, 1.54) is 11.8 Å². The van der Waals surface area contributed by atoms with Crippen molar-refractivity contribution >= 4 is 23.6 Å². The van der Waals surface area contributed by atoms with Crippen molar-refractivity contribution in [2.24, 2.45) is 0 Å². The topological polar surface area (TPSA) is 100 Å². The molecule has 2 saturated heterocycles. The van der Waals surface area contributed by atoms with Crippen molar-refractivity contribution in [1.29, 1.82) is 0 Å². The van der Waals surface area contributed by atoms with Crippen LogP contribution in [0.2, 0.25) is 0 Å². The van der Waals surface area contributed by atoms with E-state index in [-0.39, 0.29) is 43.0 Å². The molecule has 0 N–H and O–H groups in total. The summed E-state index contributed by atoms with van der Waals surface area (Å²) in [5.41, 5.74) is -0.558. The van der Waals surface area contributed by atoms with Crippen molar-refractivity contribution in [2.75, 3.05) is 39.3 Å². The van der Waals surface area contributed by atoms with Crippen LogP contribution in [-0.2, 0) is 24.6 Å². The molecule has 0 radical (unpaired) electrons. The molecular formula is C27H32N4O5. The van der Waals surface area contributed by atoms with Crippen molar-refractivity contribution in [3.63, 3.8) is 0 Å². The second-order valence-electron chi connectivity index (χ2n) is 9.28. The minimum atomic E-state index is -1.23. The predicted octanol–water partition coefficient (Wildman–Crippen LogP) is 2.02. The second kappa shape index (κ2) is 11.3. The minimum Gasteiger partial charge on any atom is -0.492 e. The molecule has 4 amide bonds. The van der Waals surface area contributed by atoms with Crippen LogP contribution in [0.3, 0.4) is 0 Å². The van der Waals surface area contributed by atoms with Gasteiger partial charge in [0.05, 0.1) is 18.2 Å². The van der Waals surface area contributed by atoms with E-state index >= 15 is 0 Å². The van der Waals surface area contributed by atoms with Crippen LogP contribution in [0.5, 0.6) is 5.75 Å². The molecule has 3 heterocycles. The molecule has 2 aliphatic heterocycles. The molecule has 190 valence electrons. The summed E-state index contributed by atoms with van der Waals surface area (Å²) in [6.07, 6.45) is 4.29. The summed E-state index contributed by atoms with van der Waals surface area (Å²) in [6.45, 7) is 4.09. The highest BCUT2D eigenvalue weighted by atomic mass is 16.5. The van der Waals surface area contributed by atoms with Crippen molar-refractivity contribution in [3.05, 3.63) is 60.4 Å². The lowest BCUT2D eigenvalue weighted by atomic mass is 9.75. The number of hydrogen-bond acceptors (Lipinski definition) is 6. The van der Waals surface area contributed by atoms with Gasteiger partial charge < -0.3 is 14.5 Å². The van der Waals surface area contributed by atoms with Crippen LogP contribution in [0.25, 0.3) is 0 Å². The molecule has 36 heavy (non-hydrogen) atoms. The van der Waals surface area contributed by atoms with Gasteiger partial charge in [0, 0.05) is 58.7 Å². The maximum Gasteiger partial charge on any atom is 0.240 e. The number of carbonyl (C=O) groups excluding carboxylic acids is 4. The van der Waals surface area contributed by atoms with Crippen LogP contribution in [0.1, 0.15) is 38.2 Å². The number of pyridine rings is 1. The summed E-state index contributed by atoms with van der Waals surface area (Å²) in [5, 5.41) is 0. The SMILES string of the molecule is CC(=O)N1CCCN(C(=O)CC2(c3ccccc3)CC(=O)N(CCCOc3cccnc3)C2=O)CC1. The van der Waals surface area contributed by atoms with Crippen molar-refractivity contribution < 1.29 is 23.9 Å². The monoisotopic (exact) mass is 492 g/mol. The number of ether oxygens (including phenoxy) is 1. The molecule has 1 unspecified atom stereocenters. The van der Waals surface area contributed by atoms with Gasteiger partial charge in [-0.3, -0.25) is 29.1 Å². The molecule has 0 saturated carbocycles. The van der Waals surface area contributed by atoms with Crippen LogP contribution in [0.15, 0.2) is 54.9 Å². The van der Waals surface area contributed by atoms with E-state index in [0.29, 0.717) is 56.9 Å². The number of aromatic nitrogens is 1. The Labute approximate surface area is 211 Å². The Balaban J connectivity index is 1.46. The molecule has 9 heteroatoms. The molecule has 1 atom stereocenters. The number of hydrogen-bond donors (Lipinski definition) is 0. The lowest BCUT2D eigenvalue weighted by molar-refractivity contribution is -0.142. The number of likely N-dealkylation sites (tertiary alicyclic amines) is 1. The highest BCUT2D eigenvalue weighted by Gasteiger charge is 2.53. The molecule has 1 aromatic heterocycles. The Morgan fingerprint density at radius 1 is 1.00 bits per heavy atom. The predicted molar refractivity (Wildman–Crippen MR) is 132 cm³/mol. The molecule has 0 bridgehead atoms. The zero-order valence-electron chi connectivity index (χ0n) is 20.6. The molecule has 1 aromatic carbocycles. The molecule has 0 spiro atoms. The average molecular weight is 493 g/mol. The Bertz CT molecular complexity index is 1090. The normalized spacial score (nSPS) is 20.4. The smallest absolute Gasteiger partial charge is 0.240 e. The molecule has 2 aliphatic rings. The zero-order chi connectivity index (χ0) is 25.5. The number of carbonyl (C=O) groups is 4. The molecule has 0 aliphatic carbocycles. The fourth-order valence-electron chi connectivity index (χ4n) is 4.95. The van der Waals surface area contributed by atoms with Gasteiger partial charge in [-0.2, -0.15) is 0 Å². The number of imide groups is 1. The maximum absolute atomic E-state index is 13.8. The van der Waals surface area contributed by atoms with E-state index in [4.69, 9.17) is 4.74 Å². The van der Waals surface area contributed by atoms with Crippen LogP contribution >= 0.6 is 0 Å². The fourth-order valence-corrected chi connectivity index (χ4v) is 4.95. The first kappa shape index (κ1) is 25.3. The van der Waals surface area contributed by atoms with Gasteiger partial charge in [0.1, 0.15) is 5.75 Å². The Hall–Kier alpha value is -3.75. The lowest BCUT2D eigenvalue weighted by Crippen LogP contribution is -2.44. The van der Waals surface area contributed by atoms with Crippen molar-refractivity contribution in [3.8, 4) is 5.75 Å². The van der Waals surface area contributed by atoms with Crippen LogP contribution in [0, 0.1) is 0 Å². The van der Waals surface area contributed by atoms with E-state index in [9.17, 15) is 19.2 Å². The third-order valence-electron chi connectivity index (χ3n) is 6.91. The van der Waals surface area contributed by atoms with E-state index in [0.717, 1.165) is 0 Å². The summed E-state index contributed by atoms with van der Waals surface area (Å²) < 4.78 is 5.65. The molecule has 2 fully saturated rings. The molecule has 9 nitrogen and oxygen atoms in total. The third-order valence-corrected chi connectivity index (χ3v) is 6.91. The van der Waals surface area contributed by atoms with Crippen LogP contribution < -0.4 is 4.74 Å². The van der Waals surface area contributed by atoms with E-state index in [2.05, 4.69) is 4.98 Å². The van der Waals surface area contributed by atoms with Crippen LogP contribution in [-0.4, -0.2) is 82.6 Å². The van der Waals surface area contributed by atoms with Gasteiger partial charge in [-0.15, -0.1) is 0 Å². The Morgan fingerprint density at radius 3 is 2.47 bits per heavy atom. The Kier molecular flexibility index (Phi) is 7.97. The Morgan fingerprint density at radius 2 is 1.75 bits per heavy atom. The summed E-state index contributed by atoms with van der Waals surface area (Å²) in [7, 11) is 0. The highest BCUT2D eigenvalue weighted by molar-refractivity contribution is 6.10. The number of amides is 4. The second-order valence-corrected chi connectivity index (χ2v) is 9.28. The van der Waals surface area contributed by atoms with Crippen LogP contribution in [0.4, 0.5) is 0 Å². The zero-order valence-corrected chi connectivity index (χ0v) is 20.6. The van der Waals surface area contributed by atoms with Gasteiger partial charge in [-0.25, -0.2) is 0 Å². The first-order valence-electron chi connectivity index (χ1n) is 12.4. The number of benzene rings is 1. The lowest BCUT2D eigenvalue weighted by Gasteiger charge is -2.30. The van der Waals surface area contributed by atoms with E-state index < -0.39 is 5.41 Å². The van der Waals surface area contributed by atoms with Gasteiger partial charge >= 0.3 is 0 Å². The van der Waals surface area contributed by atoms with Crippen molar-refractivity contribution in [2.45, 2.75) is 38.0 Å². The van der Waals surface area contributed by atoms with E-state index in [1.54, 1.807) is 34.3 Å². The average Bonchev–Trinajstić information content (AvgIpc) is 3.04. The number of rotatable bonds is 8.